The topological polar surface area (TPSA) is 75.6 Å². The van der Waals surface area contributed by atoms with Gasteiger partial charge >= 0.3 is 0 Å². The Bertz CT molecular complexity index is 733. The number of Topliss-reactive ketones (excluding diaryl/α,β-unsaturated/α-hetero) is 1. The quantitative estimate of drug-likeness (QED) is 0.510. The maximum absolute atomic E-state index is 12.7. The Hall–Kier alpha value is -1.47. The fourth-order valence-corrected chi connectivity index (χ4v) is 4.23. The van der Waals surface area contributed by atoms with Crippen molar-refractivity contribution in [1.29, 1.82) is 0 Å². The van der Waals surface area contributed by atoms with Crippen LogP contribution in [0.15, 0.2) is 33.7 Å². The first kappa shape index (κ1) is 20.8. The van der Waals surface area contributed by atoms with Gasteiger partial charge in [-0.05, 0) is 30.9 Å². The van der Waals surface area contributed by atoms with Crippen molar-refractivity contribution in [2.45, 2.75) is 40.0 Å². The first-order chi connectivity index (χ1) is 12.3. The lowest BCUT2D eigenvalue weighted by Crippen LogP contribution is -2.54. The molecule has 0 bridgehead atoms. The largest absolute Gasteiger partial charge is 0.304 e. The van der Waals surface area contributed by atoms with Gasteiger partial charge in [0.05, 0.1) is 5.75 Å². The minimum atomic E-state index is -1.10. The molecule has 1 heterocycles. The fraction of sp³-hybridized carbons (Fsp3) is 0.474. The zero-order valence-corrected chi connectivity index (χ0v) is 17.6. The summed E-state index contributed by atoms with van der Waals surface area (Å²) in [4.78, 5) is 41.7. The number of aliphatic imine (C=N–C) groups is 1. The zero-order valence-electron chi connectivity index (χ0n) is 15.2. The molecule has 2 amide bonds. The van der Waals surface area contributed by atoms with Gasteiger partial charge in [-0.25, -0.2) is 0 Å². The number of carbonyl (C=O) groups is 3. The molecular formula is C19H23BrN2O3S. The van der Waals surface area contributed by atoms with Crippen LogP contribution in [0.4, 0.5) is 0 Å². The molecule has 1 N–H and O–H groups in total. The molecule has 0 saturated carbocycles. The van der Waals surface area contributed by atoms with Crippen molar-refractivity contribution < 1.29 is 14.4 Å². The predicted octanol–water partition coefficient (Wildman–Crippen LogP) is 4.21. The van der Waals surface area contributed by atoms with Gasteiger partial charge in [-0.1, -0.05) is 67.0 Å². The highest BCUT2D eigenvalue weighted by Gasteiger charge is 2.51. The van der Waals surface area contributed by atoms with E-state index < -0.39 is 11.3 Å². The van der Waals surface area contributed by atoms with Crippen LogP contribution < -0.4 is 5.32 Å². The molecule has 1 aromatic carbocycles. The number of benzene rings is 1. The standard InChI is InChI=1S/C19H23BrN2O3S/c1-4-6-12(3)19(5-2)16(24)21-18(22-17(19)25)26-11-15(23)13-7-9-14(20)10-8-13/h7-10,12H,4-6,11H2,1-3H3,(H,21,22,24,25). The van der Waals surface area contributed by atoms with Crippen molar-refractivity contribution in [1.82, 2.24) is 5.32 Å². The highest BCUT2D eigenvalue weighted by molar-refractivity contribution is 9.10. The fourth-order valence-electron chi connectivity index (χ4n) is 3.22. The summed E-state index contributed by atoms with van der Waals surface area (Å²) in [5, 5.41) is 2.94. The summed E-state index contributed by atoms with van der Waals surface area (Å²) in [6.45, 7) is 5.80. The number of nitrogens with zero attached hydrogens (tertiary/aromatic N) is 1. The van der Waals surface area contributed by atoms with E-state index >= 15 is 0 Å². The maximum atomic E-state index is 12.7. The number of halogens is 1. The van der Waals surface area contributed by atoms with E-state index in [1.54, 1.807) is 24.3 Å². The van der Waals surface area contributed by atoms with Gasteiger partial charge in [0.15, 0.2) is 11.0 Å². The van der Waals surface area contributed by atoms with Crippen molar-refractivity contribution in [3.8, 4) is 0 Å². The molecule has 26 heavy (non-hydrogen) atoms. The molecule has 1 aliphatic heterocycles. The van der Waals surface area contributed by atoms with Crippen LogP contribution in [0.3, 0.4) is 0 Å². The van der Waals surface area contributed by atoms with Gasteiger partial charge in [0, 0.05) is 10.0 Å². The van der Waals surface area contributed by atoms with Crippen molar-refractivity contribution in [3.63, 3.8) is 0 Å². The highest BCUT2D eigenvalue weighted by Crippen LogP contribution is 2.38. The summed E-state index contributed by atoms with van der Waals surface area (Å²) in [6.07, 6.45) is 2.10. The lowest BCUT2D eigenvalue weighted by molar-refractivity contribution is -0.145. The second kappa shape index (κ2) is 8.95. The first-order valence-corrected chi connectivity index (χ1v) is 10.5. The smallest absolute Gasteiger partial charge is 0.264 e. The van der Waals surface area contributed by atoms with Crippen molar-refractivity contribution in [2.24, 2.45) is 16.3 Å². The monoisotopic (exact) mass is 438 g/mol. The number of amides is 2. The number of amidine groups is 1. The molecule has 2 atom stereocenters. The van der Waals surface area contributed by atoms with Crippen LogP contribution in [-0.2, 0) is 9.59 Å². The normalized spacial score (nSPS) is 21.2. The number of hydrogen-bond acceptors (Lipinski definition) is 4. The van der Waals surface area contributed by atoms with Gasteiger partial charge in [0.25, 0.3) is 5.91 Å². The Kier molecular flexibility index (Phi) is 7.17. The Labute approximate surface area is 166 Å². The van der Waals surface area contributed by atoms with Gasteiger partial charge in [-0.3, -0.25) is 14.4 Å². The molecule has 1 aliphatic rings. The Balaban J connectivity index is 2.09. The van der Waals surface area contributed by atoms with Gasteiger partial charge in [-0.2, -0.15) is 4.99 Å². The van der Waals surface area contributed by atoms with Crippen LogP contribution in [0.1, 0.15) is 50.4 Å². The molecule has 0 radical (unpaired) electrons. The predicted molar refractivity (Wildman–Crippen MR) is 108 cm³/mol. The van der Waals surface area contributed by atoms with E-state index in [1.807, 2.05) is 20.8 Å². The minimum Gasteiger partial charge on any atom is -0.304 e. The SMILES string of the molecule is CCCC(C)C1(CC)C(=O)N=C(SCC(=O)c2ccc(Br)cc2)NC1=O. The molecule has 0 fully saturated rings. The second-order valence-electron chi connectivity index (χ2n) is 6.41. The van der Waals surface area contributed by atoms with Crippen LogP contribution >= 0.6 is 27.7 Å². The number of rotatable bonds is 7. The number of ketones is 1. The van der Waals surface area contributed by atoms with E-state index in [4.69, 9.17) is 0 Å². The van der Waals surface area contributed by atoms with Gasteiger partial charge < -0.3 is 5.32 Å². The summed E-state index contributed by atoms with van der Waals surface area (Å²) in [6, 6.07) is 7.06. The molecule has 5 nitrogen and oxygen atoms in total. The van der Waals surface area contributed by atoms with Gasteiger partial charge in [0.2, 0.25) is 5.91 Å². The van der Waals surface area contributed by atoms with Crippen LogP contribution in [0, 0.1) is 11.3 Å². The first-order valence-electron chi connectivity index (χ1n) is 8.71. The molecule has 0 aromatic heterocycles. The number of thioether (sulfide) groups is 1. The Morgan fingerprint density at radius 3 is 2.46 bits per heavy atom. The van der Waals surface area contributed by atoms with E-state index in [2.05, 4.69) is 26.2 Å². The number of hydrogen-bond donors (Lipinski definition) is 1. The maximum Gasteiger partial charge on any atom is 0.264 e. The molecule has 2 unspecified atom stereocenters. The zero-order chi connectivity index (χ0) is 19.3. The van der Waals surface area contributed by atoms with Crippen LogP contribution in [0.2, 0.25) is 0 Å². The van der Waals surface area contributed by atoms with Crippen LogP contribution in [-0.4, -0.2) is 28.5 Å². The van der Waals surface area contributed by atoms with Crippen molar-refractivity contribution in [3.05, 3.63) is 34.3 Å². The average molecular weight is 439 g/mol. The Morgan fingerprint density at radius 2 is 1.92 bits per heavy atom. The van der Waals surface area contributed by atoms with Crippen molar-refractivity contribution in [2.75, 3.05) is 5.75 Å². The second-order valence-corrected chi connectivity index (χ2v) is 8.29. The molecule has 2 rings (SSSR count). The van der Waals surface area contributed by atoms with E-state index in [1.165, 1.54) is 0 Å². The van der Waals surface area contributed by atoms with E-state index in [0.717, 1.165) is 29.1 Å². The summed E-state index contributed by atoms with van der Waals surface area (Å²) in [7, 11) is 0. The molecule has 140 valence electrons. The van der Waals surface area contributed by atoms with Crippen LogP contribution in [0.5, 0.6) is 0 Å². The average Bonchev–Trinajstić information content (AvgIpc) is 2.61. The molecule has 0 spiro atoms. The third-order valence-electron chi connectivity index (χ3n) is 4.84. The van der Waals surface area contributed by atoms with E-state index in [9.17, 15) is 14.4 Å². The summed E-state index contributed by atoms with van der Waals surface area (Å²) < 4.78 is 0.897. The summed E-state index contributed by atoms with van der Waals surface area (Å²) in [5.74, 6) is -0.761. The lowest BCUT2D eigenvalue weighted by Gasteiger charge is -2.36. The third kappa shape index (κ3) is 4.26. The lowest BCUT2D eigenvalue weighted by atomic mass is 9.70. The summed E-state index contributed by atoms with van der Waals surface area (Å²) >= 11 is 4.41. The highest BCUT2D eigenvalue weighted by atomic mass is 79.9. The molecule has 0 aliphatic carbocycles. The van der Waals surface area contributed by atoms with Gasteiger partial charge in [0.1, 0.15) is 5.41 Å². The molecule has 7 heteroatoms. The van der Waals surface area contributed by atoms with Crippen LogP contribution in [0.25, 0.3) is 0 Å². The minimum absolute atomic E-state index is 0.0790. The molecule has 0 saturated heterocycles. The van der Waals surface area contributed by atoms with Gasteiger partial charge in [-0.15, -0.1) is 0 Å². The van der Waals surface area contributed by atoms with Crippen molar-refractivity contribution >= 4 is 50.5 Å². The third-order valence-corrected chi connectivity index (χ3v) is 6.24. The Morgan fingerprint density at radius 1 is 1.27 bits per heavy atom. The number of carbonyl (C=O) groups excluding carboxylic acids is 3. The molecule has 1 aromatic rings. The molecular weight excluding hydrogens is 416 g/mol. The van der Waals surface area contributed by atoms with E-state index in [-0.39, 0.29) is 28.5 Å². The summed E-state index contributed by atoms with van der Waals surface area (Å²) in [5.41, 5.74) is -0.523. The number of nitrogens with one attached hydrogen (secondary N) is 1. The van der Waals surface area contributed by atoms with E-state index in [0.29, 0.717) is 12.0 Å².